The van der Waals surface area contributed by atoms with Crippen molar-refractivity contribution in [2.45, 2.75) is 45.1 Å². The maximum absolute atomic E-state index is 12.5. The Morgan fingerprint density at radius 1 is 1.19 bits per heavy atom. The molecule has 1 N–H and O–H groups in total. The molecule has 27 heavy (non-hydrogen) atoms. The van der Waals surface area contributed by atoms with Gasteiger partial charge in [0.2, 0.25) is 11.8 Å². The molecule has 8 heteroatoms. The Bertz CT molecular complexity index is 992. The smallest absolute Gasteiger partial charge is 0.277 e. The molecule has 0 saturated heterocycles. The van der Waals surface area contributed by atoms with Crippen LogP contribution in [-0.4, -0.2) is 31.1 Å². The van der Waals surface area contributed by atoms with Gasteiger partial charge < -0.3 is 9.73 Å². The van der Waals surface area contributed by atoms with Gasteiger partial charge in [-0.3, -0.25) is 9.48 Å². The first-order valence-electron chi connectivity index (χ1n) is 8.65. The summed E-state index contributed by atoms with van der Waals surface area (Å²) in [5.41, 5.74) is 5.68. The summed E-state index contributed by atoms with van der Waals surface area (Å²) in [5.74, 6) is 0.317. The van der Waals surface area contributed by atoms with E-state index in [9.17, 15) is 4.79 Å². The number of amides is 1. The molecule has 0 aliphatic rings. The summed E-state index contributed by atoms with van der Waals surface area (Å²) < 4.78 is 7.48. The fourth-order valence-electron chi connectivity index (χ4n) is 2.63. The minimum absolute atomic E-state index is 0.134. The summed E-state index contributed by atoms with van der Waals surface area (Å²) in [6.07, 6.45) is 0. The minimum atomic E-state index is -0.392. The lowest BCUT2D eigenvalue weighted by molar-refractivity contribution is -0.115. The number of nitrogens with one attached hydrogen (secondary N) is 1. The zero-order valence-electron chi connectivity index (χ0n) is 16.3. The molecule has 3 rings (SSSR count). The van der Waals surface area contributed by atoms with Crippen molar-refractivity contribution in [2.24, 2.45) is 7.05 Å². The van der Waals surface area contributed by atoms with Gasteiger partial charge in [0.25, 0.3) is 5.22 Å². The molecular weight excluding hydrogens is 362 g/mol. The molecule has 0 bridgehead atoms. The number of rotatable bonds is 5. The van der Waals surface area contributed by atoms with Gasteiger partial charge in [0.15, 0.2) is 0 Å². The zero-order chi connectivity index (χ0) is 19.7. The van der Waals surface area contributed by atoms with Crippen LogP contribution >= 0.6 is 11.8 Å². The number of aryl methyl sites for hydroxylation is 4. The first kappa shape index (κ1) is 19.2. The van der Waals surface area contributed by atoms with Crippen LogP contribution in [0.15, 0.2) is 27.8 Å². The molecular formula is C19H23N5O2S. The first-order chi connectivity index (χ1) is 12.8. The Morgan fingerprint density at radius 2 is 1.93 bits per heavy atom. The lowest BCUT2D eigenvalue weighted by atomic mass is 10.1. The van der Waals surface area contributed by atoms with Crippen LogP contribution in [-0.2, 0) is 11.8 Å². The Hall–Kier alpha value is -2.61. The normalized spacial score (nSPS) is 12.2. The van der Waals surface area contributed by atoms with Gasteiger partial charge in [0.05, 0.1) is 22.3 Å². The monoisotopic (exact) mass is 385 g/mol. The lowest BCUT2D eigenvalue weighted by Gasteiger charge is -2.10. The lowest BCUT2D eigenvalue weighted by Crippen LogP contribution is -2.23. The fraction of sp³-hybridized carbons (Fsp3) is 0.368. The van der Waals surface area contributed by atoms with Gasteiger partial charge in [-0.25, -0.2) is 0 Å². The fourth-order valence-corrected chi connectivity index (χ4v) is 3.32. The number of nitrogens with zero attached hydrogens (tertiary/aromatic N) is 4. The molecule has 7 nitrogen and oxygen atoms in total. The van der Waals surface area contributed by atoms with Gasteiger partial charge in [-0.05, 0) is 57.9 Å². The van der Waals surface area contributed by atoms with E-state index in [2.05, 4.69) is 27.5 Å². The molecule has 142 valence electrons. The predicted octanol–water partition coefficient (Wildman–Crippen LogP) is 3.82. The topological polar surface area (TPSA) is 85.8 Å². The summed E-state index contributed by atoms with van der Waals surface area (Å²) in [7, 11) is 1.85. The number of hydrogen-bond donors (Lipinski definition) is 1. The van der Waals surface area contributed by atoms with Crippen molar-refractivity contribution in [3.05, 3.63) is 40.7 Å². The maximum atomic E-state index is 12.5. The third kappa shape index (κ3) is 4.05. The molecule has 0 radical (unpaired) electrons. The van der Waals surface area contributed by atoms with Gasteiger partial charge in [-0.1, -0.05) is 17.8 Å². The molecule has 3 aromatic rings. The maximum Gasteiger partial charge on any atom is 0.277 e. The van der Waals surface area contributed by atoms with Crippen LogP contribution in [0.5, 0.6) is 0 Å². The molecule has 2 heterocycles. The molecule has 0 fully saturated rings. The van der Waals surface area contributed by atoms with Crippen molar-refractivity contribution < 1.29 is 9.21 Å². The molecule has 0 aliphatic carbocycles. The number of anilines is 1. The Labute approximate surface area is 162 Å². The highest BCUT2D eigenvalue weighted by Gasteiger charge is 2.21. The van der Waals surface area contributed by atoms with E-state index in [-0.39, 0.29) is 5.91 Å². The number of thioether (sulfide) groups is 1. The molecule has 1 atom stereocenters. The third-order valence-corrected chi connectivity index (χ3v) is 5.50. The highest BCUT2D eigenvalue weighted by Crippen LogP contribution is 2.28. The summed E-state index contributed by atoms with van der Waals surface area (Å²) in [6, 6.07) is 5.99. The number of benzene rings is 1. The molecule has 1 amide bonds. The quantitative estimate of drug-likeness (QED) is 0.672. The number of carbonyl (C=O) groups excluding carboxylic acids is 1. The molecule has 0 spiro atoms. The second-order valence-electron chi connectivity index (χ2n) is 6.59. The second-order valence-corrected chi connectivity index (χ2v) is 7.88. The van der Waals surface area contributed by atoms with Crippen molar-refractivity contribution in [1.29, 1.82) is 0 Å². The van der Waals surface area contributed by atoms with Crippen molar-refractivity contribution in [3.8, 4) is 11.5 Å². The molecule has 0 aliphatic heterocycles. The van der Waals surface area contributed by atoms with E-state index in [0.29, 0.717) is 11.1 Å². The van der Waals surface area contributed by atoms with Crippen molar-refractivity contribution in [2.75, 3.05) is 5.32 Å². The van der Waals surface area contributed by atoms with Crippen molar-refractivity contribution in [3.63, 3.8) is 0 Å². The largest absolute Gasteiger partial charge is 0.411 e. The number of carbonyl (C=O) groups is 1. The van der Waals surface area contributed by atoms with Crippen LogP contribution in [0.25, 0.3) is 11.5 Å². The van der Waals surface area contributed by atoms with E-state index < -0.39 is 5.25 Å². The van der Waals surface area contributed by atoms with E-state index >= 15 is 0 Å². The Kier molecular flexibility index (Phi) is 5.36. The second kappa shape index (κ2) is 7.56. The van der Waals surface area contributed by atoms with Crippen LogP contribution in [0.4, 0.5) is 5.69 Å². The molecule has 1 aromatic carbocycles. The Morgan fingerprint density at radius 3 is 2.56 bits per heavy atom. The van der Waals surface area contributed by atoms with Crippen LogP contribution in [0.2, 0.25) is 0 Å². The Balaban J connectivity index is 1.69. The average Bonchev–Trinajstić information content (AvgIpc) is 3.17. The van der Waals surface area contributed by atoms with Crippen LogP contribution in [0.3, 0.4) is 0 Å². The molecule has 0 unspecified atom stereocenters. The third-order valence-electron chi connectivity index (χ3n) is 4.56. The van der Waals surface area contributed by atoms with Gasteiger partial charge in [0.1, 0.15) is 0 Å². The minimum Gasteiger partial charge on any atom is -0.411 e. The molecule has 0 saturated carbocycles. The zero-order valence-corrected chi connectivity index (χ0v) is 17.1. The number of hydrogen-bond acceptors (Lipinski definition) is 6. The van der Waals surface area contributed by atoms with Gasteiger partial charge in [0, 0.05) is 12.6 Å². The van der Waals surface area contributed by atoms with Crippen molar-refractivity contribution in [1.82, 2.24) is 20.0 Å². The highest BCUT2D eigenvalue weighted by molar-refractivity contribution is 8.00. The standard InChI is InChI=1S/C19H23N5O2S/c1-10-7-8-15(9-11(10)2)18-21-22-19(26-18)27-14(5)17(25)20-16-12(3)23-24(6)13(16)4/h7-9,14H,1-6H3,(H,20,25)/t14-/m0/s1. The SMILES string of the molecule is Cc1ccc(-c2nnc(S[C@@H](C)C(=O)Nc3c(C)nn(C)c3C)o2)cc1C. The van der Waals surface area contributed by atoms with E-state index in [1.165, 1.54) is 17.3 Å². The van der Waals surface area contributed by atoms with Crippen LogP contribution < -0.4 is 5.32 Å². The highest BCUT2D eigenvalue weighted by atomic mass is 32.2. The summed E-state index contributed by atoms with van der Waals surface area (Å²) >= 11 is 1.23. The first-order valence-corrected chi connectivity index (χ1v) is 9.53. The van der Waals surface area contributed by atoms with E-state index in [4.69, 9.17) is 4.42 Å². The van der Waals surface area contributed by atoms with Gasteiger partial charge in [-0.15, -0.1) is 10.2 Å². The van der Waals surface area contributed by atoms with Crippen molar-refractivity contribution >= 4 is 23.4 Å². The van der Waals surface area contributed by atoms with Crippen LogP contribution in [0, 0.1) is 27.7 Å². The number of aromatic nitrogens is 4. The van der Waals surface area contributed by atoms with Gasteiger partial charge in [-0.2, -0.15) is 5.10 Å². The van der Waals surface area contributed by atoms with E-state index in [1.54, 1.807) is 11.6 Å². The summed E-state index contributed by atoms with van der Waals surface area (Å²) in [6.45, 7) is 9.69. The van der Waals surface area contributed by atoms with Gasteiger partial charge >= 0.3 is 0 Å². The van der Waals surface area contributed by atoms with E-state index in [1.807, 2.05) is 46.0 Å². The van der Waals surface area contributed by atoms with E-state index in [0.717, 1.165) is 28.2 Å². The summed E-state index contributed by atoms with van der Waals surface area (Å²) in [5, 5.41) is 15.4. The molecule has 2 aromatic heterocycles. The average molecular weight is 385 g/mol. The predicted molar refractivity (Wildman–Crippen MR) is 106 cm³/mol. The summed E-state index contributed by atoms with van der Waals surface area (Å²) in [4.78, 5) is 12.5. The van der Waals surface area contributed by atoms with Crippen LogP contribution in [0.1, 0.15) is 29.4 Å².